The Balaban J connectivity index is 4.77. The SMILES string of the molecule is CCCCCCCCCCCC(CC(C)CC(C)(C)C)(CC(C)CC(C)(C)C)P=O. The Morgan fingerprint density at radius 3 is 1.30 bits per heavy atom. The summed E-state index contributed by atoms with van der Waals surface area (Å²) in [7, 11) is 0.396. The molecule has 0 spiro atoms. The summed E-state index contributed by atoms with van der Waals surface area (Å²) in [6.07, 6.45) is 18.0. The minimum Gasteiger partial charge on any atom is -0.274 e. The van der Waals surface area contributed by atoms with Gasteiger partial charge in [0.15, 0.2) is 8.46 Å². The van der Waals surface area contributed by atoms with Crippen LogP contribution in [0.15, 0.2) is 0 Å². The van der Waals surface area contributed by atoms with Gasteiger partial charge >= 0.3 is 0 Å². The van der Waals surface area contributed by atoms with Crippen molar-refractivity contribution in [2.24, 2.45) is 22.7 Å². The van der Waals surface area contributed by atoms with Crippen LogP contribution < -0.4 is 0 Å². The van der Waals surface area contributed by atoms with Crippen LogP contribution >= 0.6 is 8.46 Å². The summed E-state index contributed by atoms with van der Waals surface area (Å²) in [6, 6.07) is 0. The summed E-state index contributed by atoms with van der Waals surface area (Å²) >= 11 is 0. The Labute approximate surface area is 193 Å². The van der Waals surface area contributed by atoms with Crippen LogP contribution in [0.5, 0.6) is 0 Å². The van der Waals surface area contributed by atoms with Crippen LogP contribution in [0.1, 0.15) is 152 Å². The van der Waals surface area contributed by atoms with Crippen molar-refractivity contribution in [3.05, 3.63) is 0 Å². The lowest BCUT2D eigenvalue weighted by molar-refractivity contribution is 0.230. The second-order valence-corrected chi connectivity index (χ2v) is 14.2. The molecule has 0 aromatic carbocycles. The lowest BCUT2D eigenvalue weighted by atomic mass is 9.75. The molecule has 0 amide bonds. The average molecular weight is 441 g/mol. The predicted octanol–water partition coefficient (Wildman–Crippen LogP) is 10.9. The second-order valence-electron chi connectivity index (χ2n) is 13.0. The molecule has 2 unspecified atom stereocenters. The molecule has 0 aromatic heterocycles. The van der Waals surface area contributed by atoms with Crippen molar-refractivity contribution in [3.8, 4) is 0 Å². The summed E-state index contributed by atoms with van der Waals surface area (Å²) < 4.78 is 12.6. The molecule has 2 atom stereocenters. The highest BCUT2D eigenvalue weighted by molar-refractivity contribution is 7.26. The molecule has 0 heterocycles. The highest BCUT2D eigenvalue weighted by Gasteiger charge is 2.35. The van der Waals surface area contributed by atoms with E-state index in [0.717, 1.165) is 19.3 Å². The number of unbranched alkanes of at least 4 members (excludes halogenated alkanes) is 8. The number of hydrogen-bond donors (Lipinski definition) is 0. The van der Waals surface area contributed by atoms with Gasteiger partial charge in [0, 0.05) is 0 Å². The third-order valence-corrected chi connectivity index (χ3v) is 7.29. The van der Waals surface area contributed by atoms with E-state index in [1.165, 1.54) is 70.6 Å². The van der Waals surface area contributed by atoms with Gasteiger partial charge in [-0.1, -0.05) is 120 Å². The number of rotatable bonds is 17. The second kappa shape index (κ2) is 15.0. The zero-order valence-electron chi connectivity index (χ0n) is 22.4. The molecule has 0 bridgehead atoms. The van der Waals surface area contributed by atoms with Crippen molar-refractivity contribution in [1.29, 1.82) is 0 Å². The summed E-state index contributed by atoms with van der Waals surface area (Å²) in [6.45, 7) is 21.1. The Bertz CT molecular complexity index is 405. The molecule has 1 nitrogen and oxygen atoms in total. The molecule has 0 N–H and O–H groups in total. The Hall–Kier alpha value is 0.100. The molecule has 180 valence electrons. The van der Waals surface area contributed by atoms with Gasteiger partial charge in [-0.15, -0.1) is 0 Å². The van der Waals surface area contributed by atoms with E-state index in [9.17, 15) is 4.57 Å². The van der Waals surface area contributed by atoms with Gasteiger partial charge in [0.1, 0.15) is 0 Å². The topological polar surface area (TPSA) is 17.1 Å². The molecule has 0 rings (SSSR count). The predicted molar refractivity (Wildman–Crippen MR) is 138 cm³/mol. The van der Waals surface area contributed by atoms with Crippen LogP contribution in [-0.4, -0.2) is 5.16 Å². The summed E-state index contributed by atoms with van der Waals surface area (Å²) in [5.74, 6) is 1.26. The van der Waals surface area contributed by atoms with E-state index in [1.807, 2.05) is 0 Å². The van der Waals surface area contributed by atoms with E-state index >= 15 is 0 Å². The Morgan fingerprint density at radius 1 is 0.600 bits per heavy atom. The monoisotopic (exact) mass is 440 g/mol. The minimum atomic E-state index is -0.0174. The van der Waals surface area contributed by atoms with Crippen molar-refractivity contribution < 1.29 is 4.57 Å². The van der Waals surface area contributed by atoms with E-state index in [0.29, 0.717) is 31.1 Å². The highest BCUT2D eigenvalue weighted by atomic mass is 31.1. The fourth-order valence-electron chi connectivity index (χ4n) is 5.70. The summed E-state index contributed by atoms with van der Waals surface area (Å²) in [5.41, 5.74) is 0.694. The average Bonchev–Trinajstić information content (AvgIpc) is 2.56. The van der Waals surface area contributed by atoms with E-state index < -0.39 is 0 Å². The van der Waals surface area contributed by atoms with Gasteiger partial charge in [-0.3, -0.25) is 4.57 Å². The fourth-order valence-corrected chi connectivity index (χ4v) is 6.73. The van der Waals surface area contributed by atoms with Crippen molar-refractivity contribution in [2.45, 2.75) is 157 Å². The van der Waals surface area contributed by atoms with Gasteiger partial charge in [-0.2, -0.15) is 0 Å². The first-order valence-corrected chi connectivity index (χ1v) is 14.0. The molecular weight excluding hydrogens is 383 g/mol. The van der Waals surface area contributed by atoms with Crippen LogP contribution in [-0.2, 0) is 4.57 Å². The molecule has 30 heavy (non-hydrogen) atoms. The minimum absolute atomic E-state index is 0.0174. The molecule has 0 aromatic rings. The van der Waals surface area contributed by atoms with Crippen molar-refractivity contribution in [3.63, 3.8) is 0 Å². The van der Waals surface area contributed by atoms with E-state index in [1.54, 1.807) is 0 Å². The van der Waals surface area contributed by atoms with E-state index in [-0.39, 0.29) is 5.16 Å². The first-order valence-electron chi connectivity index (χ1n) is 13.2. The van der Waals surface area contributed by atoms with Crippen LogP contribution in [0.4, 0.5) is 0 Å². The third-order valence-electron chi connectivity index (χ3n) is 6.32. The molecule has 0 saturated carbocycles. The first-order chi connectivity index (χ1) is 13.8. The molecule has 0 radical (unpaired) electrons. The molecule has 0 saturated heterocycles. The van der Waals surface area contributed by atoms with Gasteiger partial charge in [0.25, 0.3) is 0 Å². The smallest absolute Gasteiger partial charge is 0.162 e. The third kappa shape index (κ3) is 16.8. The molecule has 0 aliphatic carbocycles. The zero-order chi connectivity index (χ0) is 23.3. The molecule has 2 heteroatoms. The van der Waals surface area contributed by atoms with Crippen LogP contribution in [0.3, 0.4) is 0 Å². The largest absolute Gasteiger partial charge is 0.274 e. The normalized spacial score (nSPS) is 17.1. The van der Waals surface area contributed by atoms with Gasteiger partial charge in [0.05, 0.1) is 5.16 Å². The molecule has 0 aliphatic rings. The fraction of sp³-hybridized carbons (Fsp3) is 1.00. The lowest BCUT2D eigenvalue weighted by Gasteiger charge is -2.36. The maximum atomic E-state index is 12.6. The maximum Gasteiger partial charge on any atom is 0.162 e. The van der Waals surface area contributed by atoms with Crippen molar-refractivity contribution in [2.75, 3.05) is 0 Å². The van der Waals surface area contributed by atoms with Crippen LogP contribution in [0.25, 0.3) is 0 Å². The van der Waals surface area contributed by atoms with Crippen LogP contribution in [0.2, 0.25) is 0 Å². The van der Waals surface area contributed by atoms with E-state index in [4.69, 9.17) is 0 Å². The summed E-state index contributed by atoms with van der Waals surface area (Å²) in [5, 5.41) is -0.0174. The van der Waals surface area contributed by atoms with Gasteiger partial charge < -0.3 is 0 Å². The Morgan fingerprint density at radius 2 is 0.967 bits per heavy atom. The highest BCUT2D eigenvalue weighted by Crippen LogP contribution is 2.45. The molecular formula is C28H57OP. The first kappa shape index (κ1) is 30.1. The maximum absolute atomic E-state index is 12.6. The van der Waals surface area contributed by atoms with Gasteiger partial charge in [0.2, 0.25) is 0 Å². The van der Waals surface area contributed by atoms with Crippen molar-refractivity contribution >= 4 is 8.46 Å². The molecule has 0 aliphatic heterocycles. The van der Waals surface area contributed by atoms with E-state index in [2.05, 4.69) is 62.3 Å². The lowest BCUT2D eigenvalue weighted by Crippen LogP contribution is -2.30. The quantitative estimate of drug-likeness (QED) is 0.162. The van der Waals surface area contributed by atoms with Crippen LogP contribution in [0, 0.1) is 22.7 Å². The summed E-state index contributed by atoms with van der Waals surface area (Å²) in [4.78, 5) is 0. The van der Waals surface area contributed by atoms with Gasteiger partial charge in [-0.25, -0.2) is 0 Å². The van der Waals surface area contributed by atoms with Crippen molar-refractivity contribution in [1.82, 2.24) is 0 Å². The zero-order valence-corrected chi connectivity index (χ0v) is 23.3. The van der Waals surface area contributed by atoms with Gasteiger partial charge in [-0.05, 0) is 54.8 Å². The molecule has 0 fully saturated rings. The Kier molecular flexibility index (Phi) is 15.1. The standard InChI is InChI=1S/C28H57OP/c1-10-11-12-13-14-15-16-17-18-19-28(30-29,22-24(2)20-26(4,5)6)23-25(3)21-27(7,8)9/h24-25H,10-23H2,1-9H3. The number of hydrogen-bond acceptors (Lipinski definition) is 1.